The molecule has 2 nitrogen and oxygen atoms in total. The van der Waals surface area contributed by atoms with Gasteiger partial charge < -0.3 is 10.1 Å². The molecule has 0 aliphatic carbocycles. The lowest BCUT2D eigenvalue weighted by Gasteiger charge is -2.09. The highest BCUT2D eigenvalue weighted by molar-refractivity contribution is 6.32. The fourth-order valence-electron chi connectivity index (χ4n) is 1.38. The highest BCUT2D eigenvalue weighted by Gasteiger charge is 2.05. The number of hydrogen-bond donors (Lipinski definition) is 1. The monoisotopic (exact) mass is 213 g/mol. The second-order valence-electron chi connectivity index (χ2n) is 3.27. The number of hydrogen-bond acceptors (Lipinski definition) is 2. The molecule has 0 saturated heterocycles. The standard InChI is InChI=1S/C11H16ClNO/c1-8-6-11(14-3)10(12)7-9(8)4-5-13-2/h6-7,13H,4-5H2,1-3H3. The van der Waals surface area contributed by atoms with Gasteiger partial charge in [0, 0.05) is 0 Å². The zero-order valence-corrected chi connectivity index (χ0v) is 9.61. The maximum absolute atomic E-state index is 6.04. The minimum atomic E-state index is 0.684. The zero-order valence-electron chi connectivity index (χ0n) is 8.86. The molecule has 0 heterocycles. The second kappa shape index (κ2) is 5.23. The third kappa shape index (κ3) is 2.63. The van der Waals surface area contributed by atoms with Crippen molar-refractivity contribution in [1.29, 1.82) is 0 Å². The average molecular weight is 214 g/mol. The minimum absolute atomic E-state index is 0.684. The number of aryl methyl sites for hydroxylation is 1. The van der Waals surface area contributed by atoms with Gasteiger partial charge in [-0.2, -0.15) is 0 Å². The number of halogens is 1. The molecule has 0 unspecified atom stereocenters. The van der Waals surface area contributed by atoms with Crippen molar-refractivity contribution in [3.63, 3.8) is 0 Å². The van der Waals surface area contributed by atoms with Crippen LogP contribution in [-0.4, -0.2) is 20.7 Å². The normalized spacial score (nSPS) is 10.3. The van der Waals surface area contributed by atoms with E-state index >= 15 is 0 Å². The van der Waals surface area contributed by atoms with Crippen molar-refractivity contribution in [2.24, 2.45) is 0 Å². The number of methoxy groups -OCH3 is 1. The lowest BCUT2D eigenvalue weighted by Crippen LogP contribution is -2.11. The Balaban J connectivity index is 2.90. The van der Waals surface area contributed by atoms with Crippen LogP contribution in [-0.2, 0) is 6.42 Å². The van der Waals surface area contributed by atoms with Crippen LogP contribution >= 0.6 is 11.6 Å². The second-order valence-corrected chi connectivity index (χ2v) is 3.67. The van der Waals surface area contributed by atoms with Crippen molar-refractivity contribution in [2.75, 3.05) is 20.7 Å². The highest BCUT2D eigenvalue weighted by atomic mass is 35.5. The van der Waals surface area contributed by atoms with Crippen molar-refractivity contribution >= 4 is 11.6 Å². The van der Waals surface area contributed by atoms with Crippen LogP contribution in [0.4, 0.5) is 0 Å². The molecular formula is C11H16ClNO. The average Bonchev–Trinajstić information content (AvgIpc) is 2.18. The predicted octanol–water partition coefficient (Wildman–Crippen LogP) is 2.42. The van der Waals surface area contributed by atoms with Crippen molar-refractivity contribution in [3.05, 3.63) is 28.3 Å². The summed E-state index contributed by atoms with van der Waals surface area (Å²) in [7, 11) is 3.58. The van der Waals surface area contributed by atoms with Crippen LogP contribution in [0.15, 0.2) is 12.1 Å². The Hall–Kier alpha value is -0.730. The van der Waals surface area contributed by atoms with Gasteiger partial charge in [-0.15, -0.1) is 0 Å². The molecule has 78 valence electrons. The van der Waals surface area contributed by atoms with Gasteiger partial charge in [-0.3, -0.25) is 0 Å². The quantitative estimate of drug-likeness (QED) is 0.830. The molecular weight excluding hydrogens is 198 g/mol. The van der Waals surface area contributed by atoms with E-state index in [1.54, 1.807) is 7.11 Å². The van der Waals surface area contributed by atoms with Gasteiger partial charge in [0.05, 0.1) is 12.1 Å². The summed E-state index contributed by atoms with van der Waals surface area (Å²) in [5.74, 6) is 0.748. The molecule has 0 saturated carbocycles. The van der Waals surface area contributed by atoms with Crippen LogP contribution in [0.2, 0.25) is 5.02 Å². The smallest absolute Gasteiger partial charge is 0.137 e. The first kappa shape index (κ1) is 11.3. The van der Waals surface area contributed by atoms with Crippen molar-refractivity contribution in [1.82, 2.24) is 5.32 Å². The summed E-state index contributed by atoms with van der Waals surface area (Å²) >= 11 is 6.04. The summed E-state index contributed by atoms with van der Waals surface area (Å²) in [5.41, 5.74) is 2.49. The summed E-state index contributed by atoms with van der Waals surface area (Å²) < 4.78 is 5.14. The number of nitrogens with one attached hydrogen (secondary N) is 1. The first-order valence-corrected chi connectivity index (χ1v) is 5.04. The van der Waals surface area contributed by atoms with Gasteiger partial charge in [0.25, 0.3) is 0 Å². The summed E-state index contributed by atoms with van der Waals surface area (Å²) in [6.45, 7) is 3.04. The van der Waals surface area contributed by atoms with Crippen molar-refractivity contribution in [2.45, 2.75) is 13.3 Å². The molecule has 1 N–H and O–H groups in total. The maximum Gasteiger partial charge on any atom is 0.137 e. The molecule has 1 aromatic rings. The van der Waals surface area contributed by atoms with Gasteiger partial charge in [0.2, 0.25) is 0 Å². The molecule has 0 amide bonds. The van der Waals surface area contributed by atoms with Crippen LogP contribution in [0.1, 0.15) is 11.1 Å². The van der Waals surface area contributed by atoms with Crippen LogP contribution in [0, 0.1) is 6.92 Å². The number of rotatable bonds is 4. The van der Waals surface area contributed by atoms with Gasteiger partial charge in [-0.1, -0.05) is 11.6 Å². The number of ether oxygens (including phenoxy) is 1. The van der Waals surface area contributed by atoms with E-state index in [9.17, 15) is 0 Å². The largest absolute Gasteiger partial charge is 0.495 e. The Bertz CT molecular complexity index is 312. The predicted molar refractivity (Wildman–Crippen MR) is 60.4 cm³/mol. The van der Waals surface area contributed by atoms with Crippen LogP contribution in [0.3, 0.4) is 0 Å². The molecule has 0 aromatic heterocycles. The Morgan fingerprint density at radius 1 is 1.43 bits per heavy atom. The highest BCUT2D eigenvalue weighted by Crippen LogP contribution is 2.27. The Morgan fingerprint density at radius 3 is 2.71 bits per heavy atom. The molecule has 0 bridgehead atoms. The van der Waals surface area contributed by atoms with Gasteiger partial charge in [0.15, 0.2) is 0 Å². The molecule has 0 fully saturated rings. The van der Waals surface area contributed by atoms with E-state index < -0.39 is 0 Å². The van der Waals surface area contributed by atoms with E-state index in [0.29, 0.717) is 5.02 Å². The molecule has 1 rings (SSSR count). The van der Waals surface area contributed by atoms with Gasteiger partial charge in [0.1, 0.15) is 5.75 Å². The Morgan fingerprint density at radius 2 is 2.14 bits per heavy atom. The van der Waals surface area contributed by atoms with E-state index in [1.807, 2.05) is 19.2 Å². The lowest BCUT2D eigenvalue weighted by molar-refractivity contribution is 0.414. The van der Waals surface area contributed by atoms with E-state index in [2.05, 4.69) is 12.2 Å². The topological polar surface area (TPSA) is 21.3 Å². The molecule has 0 spiro atoms. The molecule has 0 radical (unpaired) electrons. The summed E-state index contributed by atoms with van der Waals surface area (Å²) in [5, 5.41) is 3.80. The summed E-state index contributed by atoms with van der Waals surface area (Å²) in [6.07, 6.45) is 0.992. The first-order valence-electron chi connectivity index (χ1n) is 4.66. The van der Waals surface area contributed by atoms with Gasteiger partial charge >= 0.3 is 0 Å². The van der Waals surface area contributed by atoms with Crippen molar-refractivity contribution < 1.29 is 4.74 Å². The molecule has 3 heteroatoms. The van der Waals surface area contributed by atoms with E-state index in [0.717, 1.165) is 18.7 Å². The first-order chi connectivity index (χ1) is 6.69. The van der Waals surface area contributed by atoms with Crippen LogP contribution in [0.25, 0.3) is 0 Å². The Labute approximate surface area is 90.2 Å². The van der Waals surface area contributed by atoms with E-state index in [4.69, 9.17) is 16.3 Å². The number of likely N-dealkylation sites (N-methyl/N-ethyl adjacent to an activating group) is 1. The van der Waals surface area contributed by atoms with E-state index in [1.165, 1.54) is 11.1 Å². The molecule has 0 aliphatic rings. The minimum Gasteiger partial charge on any atom is -0.495 e. The summed E-state index contributed by atoms with van der Waals surface area (Å²) in [6, 6.07) is 3.96. The molecule has 14 heavy (non-hydrogen) atoms. The van der Waals surface area contributed by atoms with Crippen molar-refractivity contribution in [3.8, 4) is 5.75 Å². The van der Waals surface area contributed by atoms with Crippen LogP contribution in [0.5, 0.6) is 5.75 Å². The van der Waals surface area contributed by atoms with Gasteiger partial charge in [-0.25, -0.2) is 0 Å². The molecule has 0 atom stereocenters. The fourth-order valence-corrected chi connectivity index (χ4v) is 1.65. The SMILES string of the molecule is CNCCc1cc(Cl)c(OC)cc1C. The molecule has 1 aromatic carbocycles. The lowest BCUT2D eigenvalue weighted by atomic mass is 10.1. The van der Waals surface area contributed by atoms with Gasteiger partial charge in [-0.05, 0) is 50.2 Å². The Kier molecular flexibility index (Phi) is 4.23. The summed E-state index contributed by atoms with van der Waals surface area (Å²) in [4.78, 5) is 0. The number of benzene rings is 1. The zero-order chi connectivity index (χ0) is 10.6. The third-order valence-corrected chi connectivity index (χ3v) is 2.55. The van der Waals surface area contributed by atoms with Crippen LogP contribution < -0.4 is 10.1 Å². The third-order valence-electron chi connectivity index (χ3n) is 2.25. The maximum atomic E-state index is 6.04. The fraction of sp³-hybridized carbons (Fsp3) is 0.455. The molecule has 0 aliphatic heterocycles. The van der Waals surface area contributed by atoms with E-state index in [-0.39, 0.29) is 0 Å².